The number of benzene rings is 2. The van der Waals surface area contributed by atoms with Gasteiger partial charge in [-0.3, -0.25) is 9.69 Å². The van der Waals surface area contributed by atoms with E-state index >= 15 is 0 Å². The van der Waals surface area contributed by atoms with Crippen LogP contribution in [-0.2, 0) is 10.9 Å². The van der Waals surface area contributed by atoms with Crippen LogP contribution in [-0.4, -0.2) is 56.7 Å². The zero-order valence-electron chi connectivity index (χ0n) is 17.3. The van der Waals surface area contributed by atoms with Gasteiger partial charge >= 0.3 is 6.18 Å². The minimum atomic E-state index is -4.60. The van der Waals surface area contributed by atoms with Crippen LogP contribution in [0.1, 0.15) is 21.5 Å². The minimum absolute atomic E-state index is 0.0338. The number of rotatable bonds is 6. The van der Waals surface area contributed by atoms with Gasteiger partial charge < -0.3 is 15.4 Å². The van der Waals surface area contributed by atoms with E-state index in [0.29, 0.717) is 11.6 Å². The Morgan fingerprint density at radius 2 is 1.84 bits per heavy atom. The van der Waals surface area contributed by atoms with Crippen LogP contribution in [0.4, 0.5) is 18.9 Å². The number of nitrogens with one attached hydrogen (secondary N) is 2. The Hall–Kier alpha value is -2.57. The molecule has 0 saturated carbocycles. The van der Waals surface area contributed by atoms with Gasteiger partial charge in [0.05, 0.1) is 25.3 Å². The number of hydrogen-bond donors (Lipinski definition) is 2. The van der Waals surface area contributed by atoms with Crippen LogP contribution in [0.25, 0.3) is 0 Å². The second kappa shape index (κ2) is 11.3. The van der Waals surface area contributed by atoms with Crippen molar-refractivity contribution >= 4 is 23.2 Å². The number of alkyl halides is 3. The number of ether oxygens (including phenoxy) is 1. The molecule has 5 nitrogen and oxygen atoms in total. The summed E-state index contributed by atoms with van der Waals surface area (Å²) in [5.41, 5.74) is -0.717. The summed E-state index contributed by atoms with van der Waals surface area (Å²) in [5.74, 6) is 4.79. The van der Waals surface area contributed by atoms with Gasteiger partial charge in [-0.15, -0.1) is 0 Å². The Morgan fingerprint density at radius 1 is 1.12 bits per heavy atom. The third-order valence-corrected chi connectivity index (χ3v) is 5.09. The van der Waals surface area contributed by atoms with Crippen LogP contribution in [0.5, 0.6) is 0 Å². The Morgan fingerprint density at radius 3 is 2.53 bits per heavy atom. The van der Waals surface area contributed by atoms with E-state index in [9.17, 15) is 18.0 Å². The zero-order valence-corrected chi connectivity index (χ0v) is 18.0. The van der Waals surface area contributed by atoms with Crippen molar-refractivity contribution in [3.63, 3.8) is 0 Å². The van der Waals surface area contributed by atoms with Gasteiger partial charge in [0.25, 0.3) is 5.91 Å². The highest BCUT2D eigenvalue weighted by Gasteiger charge is 2.33. The van der Waals surface area contributed by atoms with Crippen LogP contribution >= 0.6 is 11.6 Å². The van der Waals surface area contributed by atoms with Crippen molar-refractivity contribution in [2.75, 3.05) is 51.3 Å². The van der Waals surface area contributed by atoms with Gasteiger partial charge in [-0.2, -0.15) is 13.2 Å². The molecule has 0 aromatic heterocycles. The highest BCUT2D eigenvalue weighted by Crippen LogP contribution is 2.33. The van der Waals surface area contributed by atoms with Gasteiger partial charge in [-0.1, -0.05) is 23.4 Å². The molecule has 1 aliphatic heterocycles. The average molecular weight is 466 g/mol. The highest BCUT2D eigenvalue weighted by atomic mass is 35.5. The fourth-order valence-electron chi connectivity index (χ4n) is 3.12. The summed E-state index contributed by atoms with van der Waals surface area (Å²) in [5, 5.41) is 6.05. The maximum Gasteiger partial charge on any atom is 0.417 e. The van der Waals surface area contributed by atoms with Crippen LogP contribution < -0.4 is 10.6 Å². The molecule has 0 aliphatic carbocycles. The standard InChI is InChI=1S/C23H23ClF3N3O2/c24-19-6-3-18(4-7-19)22(31)29-20-8-5-17(21(16-20)23(25,26)27)2-1-9-28-10-11-30-12-14-32-15-13-30/h3-8,16,28H,9-15H2,(H,29,31). The summed E-state index contributed by atoms with van der Waals surface area (Å²) in [7, 11) is 0. The minimum Gasteiger partial charge on any atom is -0.379 e. The maximum absolute atomic E-state index is 13.5. The molecule has 9 heteroatoms. The third kappa shape index (κ3) is 7.24. The molecule has 1 fully saturated rings. The Bertz CT molecular complexity index is 979. The molecule has 1 heterocycles. The number of hydrogen-bond acceptors (Lipinski definition) is 4. The lowest BCUT2D eigenvalue weighted by Crippen LogP contribution is -2.40. The largest absolute Gasteiger partial charge is 0.417 e. The number of halogens is 4. The summed E-state index contributed by atoms with van der Waals surface area (Å²) in [6, 6.07) is 9.61. The molecule has 170 valence electrons. The number of carbonyl (C=O) groups is 1. The molecule has 0 unspecified atom stereocenters. The van der Waals surface area contributed by atoms with Crippen molar-refractivity contribution in [2.45, 2.75) is 6.18 Å². The van der Waals surface area contributed by atoms with E-state index in [-0.39, 0.29) is 23.4 Å². The monoisotopic (exact) mass is 465 g/mol. The summed E-state index contributed by atoms with van der Waals surface area (Å²) < 4.78 is 45.9. The van der Waals surface area contributed by atoms with Crippen molar-refractivity contribution in [3.05, 3.63) is 64.2 Å². The smallest absolute Gasteiger partial charge is 0.379 e. The lowest BCUT2D eigenvalue weighted by Gasteiger charge is -2.26. The summed E-state index contributed by atoms with van der Waals surface area (Å²) in [4.78, 5) is 14.5. The second-order valence-corrected chi connectivity index (χ2v) is 7.59. The topological polar surface area (TPSA) is 53.6 Å². The van der Waals surface area contributed by atoms with Crippen molar-refractivity contribution in [1.82, 2.24) is 10.2 Å². The van der Waals surface area contributed by atoms with Crippen LogP contribution in [0.2, 0.25) is 5.02 Å². The number of carbonyl (C=O) groups excluding carboxylic acids is 1. The van der Waals surface area contributed by atoms with Gasteiger partial charge in [0.15, 0.2) is 0 Å². The molecule has 0 bridgehead atoms. The van der Waals surface area contributed by atoms with Crippen molar-refractivity contribution < 1.29 is 22.7 Å². The zero-order chi connectivity index (χ0) is 23.0. The number of amides is 1. The van der Waals surface area contributed by atoms with Gasteiger partial charge in [0.1, 0.15) is 0 Å². The van der Waals surface area contributed by atoms with E-state index < -0.39 is 17.6 Å². The average Bonchev–Trinajstić information content (AvgIpc) is 2.77. The van der Waals surface area contributed by atoms with Gasteiger partial charge in [0, 0.05) is 48.0 Å². The van der Waals surface area contributed by atoms with Gasteiger partial charge in [-0.05, 0) is 42.5 Å². The lowest BCUT2D eigenvalue weighted by atomic mass is 10.1. The molecule has 1 amide bonds. The van der Waals surface area contributed by atoms with E-state index in [4.69, 9.17) is 16.3 Å². The van der Waals surface area contributed by atoms with E-state index in [2.05, 4.69) is 27.4 Å². The first kappa shape index (κ1) is 24.1. The van der Waals surface area contributed by atoms with Crippen molar-refractivity contribution in [1.29, 1.82) is 0 Å². The molecule has 0 radical (unpaired) electrons. The summed E-state index contributed by atoms with van der Waals surface area (Å²) in [6.45, 7) is 4.99. The molecular formula is C23H23ClF3N3O2. The van der Waals surface area contributed by atoms with Crippen molar-refractivity contribution in [3.8, 4) is 11.8 Å². The highest BCUT2D eigenvalue weighted by molar-refractivity contribution is 6.30. The molecule has 32 heavy (non-hydrogen) atoms. The first-order valence-corrected chi connectivity index (χ1v) is 10.5. The fraction of sp³-hybridized carbons (Fsp3) is 0.348. The fourth-order valence-corrected chi connectivity index (χ4v) is 3.25. The van der Waals surface area contributed by atoms with Crippen molar-refractivity contribution in [2.24, 2.45) is 0 Å². The number of nitrogens with zero attached hydrogens (tertiary/aromatic N) is 1. The Kier molecular flexibility index (Phi) is 8.53. The van der Waals surface area contributed by atoms with Crippen LogP contribution in [0.3, 0.4) is 0 Å². The third-order valence-electron chi connectivity index (χ3n) is 4.83. The Balaban J connectivity index is 1.60. The number of anilines is 1. The van der Waals surface area contributed by atoms with E-state index in [1.807, 2.05) is 0 Å². The molecule has 0 spiro atoms. The first-order chi connectivity index (χ1) is 15.3. The maximum atomic E-state index is 13.5. The number of morpholine rings is 1. The van der Waals surface area contributed by atoms with E-state index in [1.165, 1.54) is 36.4 Å². The van der Waals surface area contributed by atoms with E-state index in [1.54, 1.807) is 0 Å². The molecular weight excluding hydrogens is 443 g/mol. The molecule has 1 saturated heterocycles. The molecule has 2 aromatic rings. The SMILES string of the molecule is O=C(Nc1ccc(C#CCNCCN2CCOCC2)c(C(F)(F)F)c1)c1ccc(Cl)cc1. The molecule has 0 atom stereocenters. The Labute approximate surface area is 189 Å². The summed E-state index contributed by atoms with van der Waals surface area (Å²) >= 11 is 5.79. The van der Waals surface area contributed by atoms with E-state index in [0.717, 1.165) is 38.9 Å². The second-order valence-electron chi connectivity index (χ2n) is 7.15. The predicted octanol–water partition coefficient (Wildman–Crippen LogP) is 3.88. The molecule has 3 rings (SSSR count). The molecule has 2 aromatic carbocycles. The molecule has 1 aliphatic rings. The van der Waals surface area contributed by atoms with Crippen LogP contribution in [0.15, 0.2) is 42.5 Å². The van der Waals surface area contributed by atoms with Gasteiger partial charge in [-0.25, -0.2) is 0 Å². The molecule has 2 N–H and O–H groups in total. The first-order valence-electron chi connectivity index (χ1n) is 10.1. The predicted molar refractivity (Wildman–Crippen MR) is 118 cm³/mol. The van der Waals surface area contributed by atoms with Crippen LogP contribution in [0, 0.1) is 11.8 Å². The quantitative estimate of drug-likeness (QED) is 0.502. The summed E-state index contributed by atoms with van der Waals surface area (Å²) in [6.07, 6.45) is -4.60. The normalized spacial score (nSPS) is 14.5. The lowest BCUT2D eigenvalue weighted by molar-refractivity contribution is -0.137. The van der Waals surface area contributed by atoms with Gasteiger partial charge in [0.2, 0.25) is 0 Å².